The first-order valence-electron chi connectivity index (χ1n) is 10.6. The van der Waals surface area contributed by atoms with Crippen LogP contribution < -0.4 is 9.64 Å². The average molecular weight is 468 g/mol. The van der Waals surface area contributed by atoms with E-state index in [-0.39, 0.29) is 17.3 Å². The Morgan fingerprint density at radius 2 is 1.88 bits per heavy atom. The van der Waals surface area contributed by atoms with Crippen LogP contribution in [0.5, 0.6) is 5.75 Å². The van der Waals surface area contributed by atoms with Crippen molar-refractivity contribution in [3.63, 3.8) is 0 Å². The van der Waals surface area contributed by atoms with Gasteiger partial charge in [0.15, 0.2) is 5.65 Å². The summed E-state index contributed by atoms with van der Waals surface area (Å²) >= 11 is 0. The number of fused-ring (bicyclic) bond motifs is 1. The molecule has 33 heavy (non-hydrogen) atoms. The Labute approximate surface area is 185 Å². The van der Waals surface area contributed by atoms with Gasteiger partial charge < -0.3 is 9.64 Å². The third-order valence-electron chi connectivity index (χ3n) is 6.44. The molecule has 0 unspecified atom stereocenters. The van der Waals surface area contributed by atoms with Crippen molar-refractivity contribution in [2.45, 2.75) is 50.9 Å². The Morgan fingerprint density at radius 3 is 2.58 bits per heavy atom. The van der Waals surface area contributed by atoms with Gasteiger partial charge in [0.05, 0.1) is 18.5 Å². The van der Waals surface area contributed by atoms with Gasteiger partial charge in [-0.2, -0.15) is 18.3 Å². The molecule has 0 radical (unpaired) electrons. The molecule has 12 heteroatoms. The van der Waals surface area contributed by atoms with E-state index < -0.39 is 24.8 Å². The Balaban J connectivity index is 1.19. The van der Waals surface area contributed by atoms with Crippen LogP contribution in [0.3, 0.4) is 0 Å². The first-order valence-corrected chi connectivity index (χ1v) is 10.6. The molecular formula is C21H21F5N6O. The van der Waals surface area contributed by atoms with Crippen LogP contribution in [0.15, 0.2) is 30.7 Å². The quantitative estimate of drug-likeness (QED) is 0.519. The summed E-state index contributed by atoms with van der Waals surface area (Å²) < 4.78 is 71.0. The number of hydrogen-bond acceptors (Lipinski definition) is 6. The van der Waals surface area contributed by atoms with Gasteiger partial charge in [0, 0.05) is 25.4 Å². The average Bonchev–Trinajstić information content (AvgIpc) is 3.14. The van der Waals surface area contributed by atoms with Crippen LogP contribution in [0.2, 0.25) is 0 Å². The molecule has 4 heterocycles. The van der Waals surface area contributed by atoms with E-state index >= 15 is 0 Å². The molecule has 2 fully saturated rings. The monoisotopic (exact) mass is 468 g/mol. The van der Waals surface area contributed by atoms with Gasteiger partial charge in [-0.15, -0.1) is 0 Å². The highest BCUT2D eigenvalue weighted by Crippen LogP contribution is 2.50. The minimum absolute atomic E-state index is 0.0933. The lowest BCUT2D eigenvalue weighted by Gasteiger charge is -2.51. The standard InChI is InChI=1S/C21H21F5N6O/c22-17(23)12-32-19-15(10-29-32)28-11-18(30-19)31-5-2-20(3-6-31)8-14(9-20)33-13-1-4-27-16(7-13)21(24,25)26/h1,4,7,10-11,14,17H,2-3,5-6,8-9,12H2. The van der Waals surface area contributed by atoms with E-state index in [9.17, 15) is 22.0 Å². The van der Waals surface area contributed by atoms with Crippen LogP contribution in [-0.4, -0.2) is 50.4 Å². The van der Waals surface area contributed by atoms with Crippen LogP contribution in [0.1, 0.15) is 31.4 Å². The molecule has 1 spiro atoms. The van der Waals surface area contributed by atoms with Crippen molar-refractivity contribution < 1.29 is 26.7 Å². The maximum Gasteiger partial charge on any atom is 0.433 e. The number of hydrogen-bond donors (Lipinski definition) is 0. The van der Waals surface area contributed by atoms with Crippen molar-refractivity contribution >= 4 is 17.0 Å². The molecule has 0 bridgehead atoms. The van der Waals surface area contributed by atoms with Crippen LogP contribution in [-0.2, 0) is 12.7 Å². The minimum Gasteiger partial charge on any atom is -0.490 e. The van der Waals surface area contributed by atoms with Crippen molar-refractivity contribution in [2.24, 2.45) is 5.41 Å². The lowest BCUT2D eigenvalue weighted by atomic mass is 9.61. The fourth-order valence-corrected chi connectivity index (χ4v) is 4.70. The highest BCUT2D eigenvalue weighted by atomic mass is 19.4. The molecule has 0 N–H and O–H groups in total. The predicted octanol–water partition coefficient (Wildman–Crippen LogP) is 4.33. The smallest absolute Gasteiger partial charge is 0.433 e. The fourth-order valence-electron chi connectivity index (χ4n) is 4.70. The van der Waals surface area contributed by atoms with Gasteiger partial charge in [-0.1, -0.05) is 0 Å². The van der Waals surface area contributed by atoms with Gasteiger partial charge in [-0.05, 0) is 37.2 Å². The highest BCUT2D eigenvalue weighted by Gasteiger charge is 2.47. The summed E-state index contributed by atoms with van der Waals surface area (Å²) in [7, 11) is 0. The number of alkyl halides is 5. The van der Waals surface area contributed by atoms with E-state index in [1.54, 1.807) is 6.20 Å². The van der Waals surface area contributed by atoms with Gasteiger partial charge in [-0.3, -0.25) is 4.98 Å². The highest BCUT2D eigenvalue weighted by molar-refractivity contribution is 5.71. The molecule has 1 aliphatic heterocycles. The van der Waals surface area contributed by atoms with E-state index in [4.69, 9.17) is 4.74 Å². The Kier molecular flexibility index (Phi) is 5.32. The summed E-state index contributed by atoms with van der Waals surface area (Å²) in [5.74, 6) is 0.801. The Morgan fingerprint density at radius 1 is 1.12 bits per heavy atom. The SMILES string of the molecule is FC(F)Cn1ncc2ncc(N3CCC4(CC3)CC(Oc3ccnc(C(F)(F)F)c3)C4)nc21. The second-order valence-corrected chi connectivity index (χ2v) is 8.66. The molecule has 3 aromatic heterocycles. The van der Waals surface area contributed by atoms with Crippen molar-refractivity contribution in [3.8, 4) is 5.75 Å². The molecule has 0 amide bonds. The minimum atomic E-state index is -4.50. The Bertz CT molecular complexity index is 1130. The van der Waals surface area contributed by atoms with Crippen molar-refractivity contribution in [1.82, 2.24) is 24.7 Å². The maximum absolute atomic E-state index is 12.8. The normalized spacial score (nSPS) is 18.8. The van der Waals surface area contributed by atoms with Crippen molar-refractivity contribution in [2.75, 3.05) is 18.0 Å². The molecule has 7 nitrogen and oxygen atoms in total. The maximum atomic E-state index is 12.8. The molecule has 1 saturated carbocycles. The van der Waals surface area contributed by atoms with E-state index in [1.807, 2.05) is 0 Å². The second-order valence-electron chi connectivity index (χ2n) is 8.66. The van der Waals surface area contributed by atoms with Crippen LogP contribution in [0.4, 0.5) is 27.8 Å². The molecular weight excluding hydrogens is 447 g/mol. The molecule has 1 aliphatic carbocycles. The number of nitrogens with zero attached hydrogens (tertiary/aromatic N) is 6. The zero-order chi connectivity index (χ0) is 23.2. The third-order valence-corrected chi connectivity index (χ3v) is 6.44. The number of pyridine rings is 1. The molecule has 176 valence electrons. The molecule has 3 aromatic rings. The number of halogens is 5. The second kappa shape index (κ2) is 8.07. The summed E-state index contributed by atoms with van der Waals surface area (Å²) in [6, 6.07) is 2.37. The first-order chi connectivity index (χ1) is 15.7. The zero-order valence-electron chi connectivity index (χ0n) is 17.5. The molecule has 0 aromatic carbocycles. The molecule has 1 saturated heterocycles. The Hall–Kier alpha value is -3.05. The summed E-state index contributed by atoms with van der Waals surface area (Å²) in [5.41, 5.74) is -0.0662. The molecule has 5 rings (SSSR count). The fraction of sp³-hybridized carbons (Fsp3) is 0.524. The van der Waals surface area contributed by atoms with Crippen LogP contribution >= 0.6 is 0 Å². The van der Waals surface area contributed by atoms with Crippen molar-refractivity contribution in [3.05, 3.63) is 36.4 Å². The molecule has 0 atom stereocenters. The number of aromatic nitrogens is 5. The largest absolute Gasteiger partial charge is 0.490 e. The van der Waals surface area contributed by atoms with Crippen LogP contribution in [0, 0.1) is 5.41 Å². The van der Waals surface area contributed by atoms with Crippen LogP contribution in [0.25, 0.3) is 11.2 Å². The van der Waals surface area contributed by atoms with Gasteiger partial charge >= 0.3 is 6.18 Å². The number of ether oxygens (including phenoxy) is 1. The summed E-state index contributed by atoms with van der Waals surface area (Å²) in [6.07, 6.45) is 0.311. The predicted molar refractivity (Wildman–Crippen MR) is 108 cm³/mol. The summed E-state index contributed by atoms with van der Waals surface area (Å²) in [6.45, 7) is 0.917. The lowest BCUT2D eigenvalue weighted by Crippen LogP contribution is -2.51. The number of anilines is 1. The van der Waals surface area contributed by atoms with Gasteiger partial charge in [0.1, 0.15) is 29.3 Å². The number of piperidine rings is 1. The topological polar surface area (TPSA) is 69.0 Å². The third kappa shape index (κ3) is 4.42. The van der Waals surface area contributed by atoms with E-state index in [2.05, 4.69) is 25.0 Å². The summed E-state index contributed by atoms with van der Waals surface area (Å²) in [5, 5.41) is 3.94. The van der Waals surface area contributed by atoms with E-state index in [0.717, 1.165) is 51.0 Å². The summed E-state index contributed by atoms with van der Waals surface area (Å²) in [4.78, 5) is 14.2. The van der Waals surface area contributed by atoms with E-state index in [0.29, 0.717) is 17.0 Å². The first kappa shape index (κ1) is 21.8. The van der Waals surface area contributed by atoms with Crippen molar-refractivity contribution in [1.29, 1.82) is 0 Å². The number of rotatable bonds is 5. The lowest BCUT2D eigenvalue weighted by molar-refractivity contribution is -0.141. The zero-order valence-corrected chi connectivity index (χ0v) is 17.5. The molecule has 2 aliphatic rings. The van der Waals surface area contributed by atoms with Gasteiger partial charge in [0.25, 0.3) is 6.43 Å². The van der Waals surface area contributed by atoms with E-state index in [1.165, 1.54) is 16.9 Å². The van der Waals surface area contributed by atoms with Gasteiger partial charge in [-0.25, -0.2) is 23.4 Å². The van der Waals surface area contributed by atoms with Gasteiger partial charge in [0.2, 0.25) is 0 Å².